The van der Waals surface area contributed by atoms with Crippen LogP contribution in [0.1, 0.15) is 60.9 Å². The van der Waals surface area contributed by atoms with Gasteiger partial charge in [-0.15, -0.1) is 0 Å². The third kappa shape index (κ3) is 3.87. The summed E-state index contributed by atoms with van der Waals surface area (Å²) in [5, 5.41) is 2.38. The number of hydrogen-bond donors (Lipinski definition) is 0. The van der Waals surface area contributed by atoms with Crippen molar-refractivity contribution in [3.05, 3.63) is 96.1 Å². The molecule has 1 heterocycles. The highest BCUT2D eigenvalue weighted by atomic mass is 16.1. The molecule has 174 valence electrons. The molecule has 0 aliphatic heterocycles. The number of benzene rings is 4. The fourth-order valence-electron chi connectivity index (χ4n) is 5.12. The summed E-state index contributed by atoms with van der Waals surface area (Å²) in [6.07, 6.45) is 0.988. The fourth-order valence-corrected chi connectivity index (χ4v) is 5.12. The molecule has 0 fully saturated rings. The summed E-state index contributed by atoms with van der Waals surface area (Å²) in [6, 6.07) is 28.9. The van der Waals surface area contributed by atoms with Gasteiger partial charge in [-0.2, -0.15) is 0 Å². The first-order valence-corrected chi connectivity index (χ1v) is 12.2. The molecule has 0 saturated heterocycles. The molecular formula is C32H29NO2. The molecule has 35 heavy (non-hydrogen) atoms. The summed E-state index contributed by atoms with van der Waals surface area (Å²) in [6.45, 7) is 7.68. The van der Waals surface area contributed by atoms with Crippen molar-refractivity contribution in [2.24, 2.45) is 0 Å². The van der Waals surface area contributed by atoms with Gasteiger partial charge in [0.25, 0.3) is 0 Å². The normalized spacial score (nSPS) is 12.2. The van der Waals surface area contributed by atoms with Crippen molar-refractivity contribution in [2.45, 2.75) is 40.2 Å². The van der Waals surface area contributed by atoms with Crippen LogP contribution < -0.4 is 0 Å². The van der Waals surface area contributed by atoms with Crippen molar-refractivity contribution in [3.63, 3.8) is 0 Å². The van der Waals surface area contributed by atoms with Crippen LogP contribution in [0.15, 0.2) is 84.9 Å². The molecule has 1 unspecified atom stereocenters. The van der Waals surface area contributed by atoms with Gasteiger partial charge in [-0.25, -0.2) is 0 Å². The molecule has 0 spiro atoms. The highest BCUT2D eigenvalue weighted by Crippen LogP contribution is 2.38. The number of carbonyl (C=O) groups excluding carboxylic acids is 2. The summed E-state index contributed by atoms with van der Waals surface area (Å²) in [7, 11) is 0. The van der Waals surface area contributed by atoms with Gasteiger partial charge in [0.05, 0.1) is 0 Å². The van der Waals surface area contributed by atoms with Crippen LogP contribution in [-0.4, -0.2) is 16.1 Å². The topological polar surface area (TPSA) is 39.1 Å². The maximum atomic E-state index is 12.3. The molecule has 4 aromatic carbocycles. The van der Waals surface area contributed by atoms with Gasteiger partial charge in [-0.1, -0.05) is 79.7 Å². The Hall–Kier alpha value is -3.98. The van der Waals surface area contributed by atoms with E-state index in [1.54, 1.807) is 13.8 Å². The Morgan fingerprint density at radius 1 is 0.686 bits per heavy atom. The minimum Gasteiger partial charge on any atom is -0.338 e. The Morgan fingerprint density at radius 2 is 1.11 bits per heavy atom. The largest absolute Gasteiger partial charge is 0.338 e. The number of rotatable bonds is 6. The third-order valence-electron chi connectivity index (χ3n) is 7.07. The van der Waals surface area contributed by atoms with E-state index in [0.717, 1.165) is 50.8 Å². The minimum atomic E-state index is 0.0666. The number of nitrogens with zero attached hydrogens (tertiary/aromatic N) is 1. The molecule has 0 N–H and O–H groups in total. The number of fused-ring (bicyclic) bond motifs is 3. The first-order valence-electron chi connectivity index (χ1n) is 12.2. The van der Waals surface area contributed by atoms with E-state index in [9.17, 15) is 9.59 Å². The van der Waals surface area contributed by atoms with E-state index >= 15 is 0 Å². The number of Topliss-reactive ketones (excluding diaryl/α,β-unsaturated/α-hetero) is 2. The van der Waals surface area contributed by atoms with Crippen LogP contribution in [0.5, 0.6) is 0 Å². The van der Waals surface area contributed by atoms with E-state index in [1.165, 1.54) is 10.8 Å². The Kier molecular flexibility index (Phi) is 5.86. The molecule has 0 saturated carbocycles. The van der Waals surface area contributed by atoms with Crippen molar-refractivity contribution in [1.29, 1.82) is 0 Å². The highest BCUT2D eigenvalue weighted by molar-refractivity contribution is 6.11. The van der Waals surface area contributed by atoms with Gasteiger partial charge in [0.1, 0.15) is 0 Å². The lowest BCUT2D eigenvalue weighted by Crippen LogP contribution is -2.03. The second-order valence-corrected chi connectivity index (χ2v) is 9.29. The molecule has 5 aromatic rings. The van der Waals surface area contributed by atoms with E-state index in [2.05, 4.69) is 54.8 Å². The van der Waals surface area contributed by atoms with Gasteiger partial charge < -0.3 is 4.57 Å². The zero-order valence-electron chi connectivity index (χ0n) is 20.6. The summed E-state index contributed by atoms with van der Waals surface area (Å²) >= 11 is 0. The van der Waals surface area contributed by atoms with E-state index in [4.69, 9.17) is 0 Å². The fraction of sp³-hybridized carbons (Fsp3) is 0.188. The maximum Gasteiger partial charge on any atom is 0.160 e. The lowest BCUT2D eigenvalue weighted by Gasteiger charge is -2.16. The molecule has 0 radical (unpaired) electrons. The Bertz CT molecular complexity index is 1490. The van der Waals surface area contributed by atoms with Gasteiger partial charge in [0.2, 0.25) is 0 Å². The molecule has 0 aliphatic rings. The van der Waals surface area contributed by atoms with Crippen molar-refractivity contribution in [2.75, 3.05) is 0 Å². The van der Waals surface area contributed by atoms with Gasteiger partial charge in [0.15, 0.2) is 11.6 Å². The number of hydrogen-bond acceptors (Lipinski definition) is 2. The molecule has 1 aromatic heterocycles. The Morgan fingerprint density at radius 3 is 1.51 bits per heavy atom. The monoisotopic (exact) mass is 459 g/mol. The summed E-state index contributed by atoms with van der Waals surface area (Å²) in [5.41, 5.74) is 7.78. The van der Waals surface area contributed by atoms with Gasteiger partial charge >= 0.3 is 0 Å². The molecule has 3 nitrogen and oxygen atoms in total. The molecule has 0 aliphatic carbocycles. The van der Waals surface area contributed by atoms with Gasteiger partial charge in [-0.05, 0) is 61.6 Å². The van der Waals surface area contributed by atoms with E-state index in [1.807, 2.05) is 48.5 Å². The van der Waals surface area contributed by atoms with E-state index < -0.39 is 0 Å². The highest BCUT2D eigenvalue weighted by Gasteiger charge is 2.18. The SMILES string of the molecule is CCC(C)n1c2cc(-c3ccccc3C(C)=O)ccc2c2ccc(-c3ccccc3C(C)=O)cc21. The summed E-state index contributed by atoms with van der Waals surface area (Å²) in [5.74, 6) is 0.133. The molecule has 3 heteroatoms. The van der Waals surface area contributed by atoms with Crippen LogP contribution in [0, 0.1) is 0 Å². The predicted octanol–water partition coefficient (Wildman–Crippen LogP) is 8.50. The summed E-state index contributed by atoms with van der Waals surface area (Å²) in [4.78, 5) is 24.6. The smallest absolute Gasteiger partial charge is 0.160 e. The second-order valence-electron chi connectivity index (χ2n) is 9.29. The van der Waals surface area contributed by atoms with Crippen molar-refractivity contribution < 1.29 is 9.59 Å². The third-order valence-corrected chi connectivity index (χ3v) is 7.07. The predicted molar refractivity (Wildman–Crippen MR) is 145 cm³/mol. The Labute approximate surface area is 206 Å². The van der Waals surface area contributed by atoms with Crippen LogP contribution in [0.3, 0.4) is 0 Å². The average molecular weight is 460 g/mol. The standard InChI is InChI=1S/C32H29NO2/c1-5-20(2)33-31-18-23(27-12-8-6-10-25(27)21(3)34)14-16-29(31)30-17-15-24(19-32(30)33)28-13-9-7-11-26(28)22(4)35/h6-20H,5H2,1-4H3. The van der Waals surface area contributed by atoms with Crippen molar-refractivity contribution >= 4 is 33.4 Å². The number of aromatic nitrogens is 1. The van der Waals surface area contributed by atoms with Gasteiger partial charge in [0, 0.05) is 39.0 Å². The quantitative estimate of drug-likeness (QED) is 0.239. The summed E-state index contributed by atoms with van der Waals surface area (Å²) < 4.78 is 2.41. The minimum absolute atomic E-state index is 0.0666. The van der Waals surface area contributed by atoms with Crippen molar-refractivity contribution in [1.82, 2.24) is 4.57 Å². The lowest BCUT2D eigenvalue weighted by atomic mass is 9.95. The molecular weight excluding hydrogens is 430 g/mol. The first-order chi connectivity index (χ1) is 16.9. The van der Waals surface area contributed by atoms with E-state index in [-0.39, 0.29) is 17.6 Å². The van der Waals surface area contributed by atoms with E-state index in [0.29, 0.717) is 0 Å². The molecule has 1 atom stereocenters. The van der Waals surface area contributed by atoms with Crippen LogP contribution in [0.25, 0.3) is 44.1 Å². The second kappa shape index (κ2) is 8.99. The lowest BCUT2D eigenvalue weighted by molar-refractivity contribution is 0.101. The zero-order valence-corrected chi connectivity index (χ0v) is 20.6. The molecule has 0 amide bonds. The maximum absolute atomic E-state index is 12.3. The number of carbonyl (C=O) groups is 2. The molecule has 5 rings (SSSR count). The van der Waals surface area contributed by atoms with Crippen molar-refractivity contribution in [3.8, 4) is 22.3 Å². The van der Waals surface area contributed by atoms with Crippen LogP contribution in [0.4, 0.5) is 0 Å². The van der Waals surface area contributed by atoms with Gasteiger partial charge in [-0.3, -0.25) is 9.59 Å². The first kappa shape index (κ1) is 22.8. The van der Waals surface area contributed by atoms with Crippen LogP contribution in [-0.2, 0) is 0 Å². The average Bonchev–Trinajstić information content (AvgIpc) is 3.21. The van der Waals surface area contributed by atoms with Crippen LogP contribution in [0.2, 0.25) is 0 Å². The Balaban J connectivity index is 1.79. The zero-order chi connectivity index (χ0) is 24.7. The molecule has 0 bridgehead atoms. The number of ketones is 2. The van der Waals surface area contributed by atoms with Crippen LogP contribution >= 0.6 is 0 Å².